The third kappa shape index (κ3) is 4.00. The zero-order chi connectivity index (χ0) is 18.1. The second kappa shape index (κ2) is 6.62. The lowest BCUT2D eigenvalue weighted by molar-refractivity contribution is 0.423. The van der Waals surface area contributed by atoms with Crippen molar-refractivity contribution in [2.24, 2.45) is 0 Å². The summed E-state index contributed by atoms with van der Waals surface area (Å²) in [7, 11) is 0. The van der Waals surface area contributed by atoms with E-state index in [9.17, 15) is 5.11 Å². The summed E-state index contributed by atoms with van der Waals surface area (Å²) in [4.78, 5) is 0. The average molecular weight is 329 g/mol. The molecule has 1 aromatic carbocycles. The van der Waals surface area contributed by atoms with Gasteiger partial charge in [-0.3, -0.25) is 4.68 Å². The molecule has 0 bridgehead atoms. The summed E-state index contributed by atoms with van der Waals surface area (Å²) in [6.45, 7) is 16.0. The summed E-state index contributed by atoms with van der Waals surface area (Å²) >= 11 is 0. The molecule has 0 unspecified atom stereocenters. The summed E-state index contributed by atoms with van der Waals surface area (Å²) < 4.78 is 2.01. The topological polar surface area (TPSA) is 38.0 Å². The molecule has 1 N–H and O–H groups in total. The van der Waals surface area contributed by atoms with Gasteiger partial charge in [0.1, 0.15) is 5.75 Å². The Morgan fingerprint density at radius 2 is 1.54 bits per heavy atom. The van der Waals surface area contributed by atoms with Crippen molar-refractivity contribution >= 4 is 0 Å². The standard InChI is InChI=1S/C21H32N2O/c1-8-9-11-23-12-10-18(22-23)15-13-16(20(2,3)4)19(24)17(14-15)21(5,6)7/h10,12-14,24H,8-9,11H2,1-7H3. The summed E-state index contributed by atoms with van der Waals surface area (Å²) in [5.41, 5.74) is 3.77. The molecule has 3 heteroatoms. The van der Waals surface area contributed by atoms with Crippen molar-refractivity contribution in [2.45, 2.75) is 78.7 Å². The van der Waals surface area contributed by atoms with E-state index in [-0.39, 0.29) is 10.8 Å². The van der Waals surface area contributed by atoms with Crippen molar-refractivity contribution in [1.82, 2.24) is 9.78 Å². The molecule has 0 saturated heterocycles. The van der Waals surface area contributed by atoms with Gasteiger partial charge in [0, 0.05) is 29.4 Å². The first kappa shape index (κ1) is 18.6. The summed E-state index contributed by atoms with van der Waals surface area (Å²) in [5, 5.41) is 15.6. The number of rotatable bonds is 4. The van der Waals surface area contributed by atoms with E-state index in [1.807, 2.05) is 10.9 Å². The lowest BCUT2D eigenvalue weighted by Crippen LogP contribution is -2.17. The van der Waals surface area contributed by atoms with Crippen LogP contribution in [-0.2, 0) is 17.4 Å². The van der Waals surface area contributed by atoms with E-state index in [0.29, 0.717) is 5.75 Å². The Kier molecular flexibility index (Phi) is 5.12. The SMILES string of the molecule is CCCCn1ccc(-c2cc(C(C)(C)C)c(O)c(C(C)(C)C)c2)n1. The Labute approximate surface area is 146 Å². The normalized spacial score (nSPS) is 12.6. The Hall–Kier alpha value is -1.77. The van der Waals surface area contributed by atoms with Gasteiger partial charge in [-0.05, 0) is 35.4 Å². The van der Waals surface area contributed by atoms with Crippen LogP contribution in [0.5, 0.6) is 5.75 Å². The van der Waals surface area contributed by atoms with Gasteiger partial charge in [0.15, 0.2) is 0 Å². The molecule has 0 aliphatic carbocycles. The molecular weight excluding hydrogens is 296 g/mol. The third-order valence-electron chi connectivity index (χ3n) is 4.40. The molecule has 0 saturated carbocycles. The molecule has 1 heterocycles. The number of aromatic nitrogens is 2. The molecule has 0 aliphatic rings. The minimum Gasteiger partial charge on any atom is -0.507 e. The quantitative estimate of drug-likeness (QED) is 0.787. The van der Waals surface area contributed by atoms with Gasteiger partial charge in [0.2, 0.25) is 0 Å². The maximum Gasteiger partial charge on any atom is 0.123 e. The molecule has 2 rings (SSSR count). The van der Waals surface area contributed by atoms with Gasteiger partial charge in [-0.15, -0.1) is 0 Å². The van der Waals surface area contributed by atoms with Crippen molar-refractivity contribution in [1.29, 1.82) is 0 Å². The van der Waals surface area contributed by atoms with Crippen molar-refractivity contribution in [3.05, 3.63) is 35.5 Å². The number of phenolic OH excluding ortho intramolecular Hbond substituents is 1. The van der Waals surface area contributed by atoms with Crippen molar-refractivity contribution in [3.63, 3.8) is 0 Å². The molecule has 0 amide bonds. The van der Waals surface area contributed by atoms with Gasteiger partial charge in [-0.25, -0.2) is 0 Å². The van der Waals surface area contributed by atoms with Crippen molar-refractivity contribution in [3.8, 4) is 17.0 Å². The second-order valence-corrected chi connectivity index (χ2v) is 8.74. The first-order valence-electron chi connectivity index (χ1n) is 8.96. The lowest BCUT2D eigenvalue weighted by atomic mass is 9.78. The van der Waals surface area contributed by atoms with E-state index >= 15 is 0 Å². The van der Waals surface area contributed by atoms with Crippen LogP contribution in [0.1, 0.15) is 72.4 Å². The van der Waals surface area contributed by atoms with Crippen LogP contribution in [0, 0.1) is 0 Å². The van der Waals surface area contributed by atoms with Gasteiger partial charge in [-0.2, -0.15) is 5.10 Å². The second-order valence-electron chi connectivity index (χ2n) is 8.74. The zero-order valence-corrected chi connectivity index (χ0v) is 16.3. The van der Waals surface area contributed by atoms with Crippen LogP contribution in [0.4, 0.5) is 0 Å². The Bertz CT molecular complexity index is 664. The Morgan fingerprint density at radius 3 is 2.00 bits per heavy atom. The number of hydrogen-bond acceptors (Lipinski definition) is 2. The lowest BCUT2D eigenvalue weighted by Gasteiger charge is -2.28. The van der Waals surface area contributed by atoms with Gasteiger partial charge in [-0.1, -0.05) is 54.9 Å². The van der Waals surface area contributed by atoms with Crippen molar-refractivity contribution < 1.29 is 5.11 Å². The molecule has 0 radical (unpaired) electrons. The zero-order valence-electron chi connectivity index (χ0n) is 16.3. The molecule has 1 aromatic heterocycles. The molecule has 24 heavy (non-hydrogen) atoms. The fourth-order valence-electron chi connectivity index (χ4n) is 2.89. The molecular formula is C21H32N2O. The van der Waals surface area contributed by atoms with Crippen LogP contribution in [0.15, 0.2) is 24.4 Å². The third-order valence-corrected chi connectivity index (χ3v) is 4.40. The first-order chi connectivity index (χ1) is 11.0. The minimum atomic E-state index is -0.120. The van der Waals surface area contributed by atoms with Crippen LogP contribution in [0.3, 0.4) is 0 Å². The largest absolute Gasteiger partial charge is 0.507 e. The summed E-state index contributed by atoms with van der Waals surface area (Å²) in [6, 6.07) is 6.26. The summed E-state index contributed by atoms with van der Waals surface area (Å²) in [6.07, 6.45) is 4.35. The average Bonchev–Trinajstić information content (AvgIpc) is 2.91. The molecule has 0 aliphatic heterocycles. The van der Waals surface area contributed by atoms with Crippen LogP contribution in [0.2, 0.25) is 0 Å². The monoisotopic (exact) mass is 328 g/mol. The smallest absolute Gasteiger partial charge is 0.123 e. The number of hydrogen-bond donors (Lipinski definition) is 1. The van der Waals surface area contributed by atoms with Crippen LogP contribution in [0.25, 0.3) is 11.3 Å². The molecule has 0 atom stereocenters. The fourth-order valence-corrected chi connectivity index (χ4v) is 2.89. The van der Waals surface area contributed by atoms with Gasteiger partial charge >= 0.3 is 0 Å². The number of aromatic hydroxyl groups is 1. The van der Waals surface area contributed by atoms with E-state index in [1.165, 1.54) is 0 Å². The van der Waals surface area contributed by atoms with E-state index < -0.39 is 0 Å². The van der Waals surface area contributed by atoms with E-state index in [0.717, 1.165) is 41.8 Å². The molecule has 0 spiro atoms. The Morgan fingerprint density at radius 1 is 1.00 bits per heavy atom. The predicted octanol–water partition coefficient (Wildman–Crippen LogP) is 5.65. The minimum absolute atomic E-state index is 0.120. The van der Waals surface area contributed by atoms with Gasteiger partial charge in [0.05, 0.1) is 5.69 Å². The molecule has 0 fully saturated rings. The number of aryl methyl sites for hydroxylation is 1. The number of nitrogens with zero attached hydrogens (tertiary/aromatic N) is 2. The van der Waals surface area contributed by atoms with E-state index in [1.54, 1.807) is 0 Å². The highest BCUT2D eigenvalue weighted by Crippen LogP contribution is 2.41. The number of phenols is 1. The molecule has 132 valence electrons. The molecule has 2 aromatic rings. The molecule has 3 nitrogen and oxygen atoms in total. The number of benzene rings is 1. The van der Waals surface area contributed by atoms with Gasteiger partial charge < -0.3 is 5.11 Å². The highest BCUT2D eigenvalue weighted by molar-refractivity contribution is 5.66. The van der Waals surface area contributed by atoms with Crippen molar-refractivity contribution in [2.75, 3.05) is 0 Å². The maximum absolute atomic E-state index is 10.8. The summed E-state index contributed by atoms with van der Waals surface area (Å²) in [5.74, 6) is 0.421. The highest BCUT2D eigenvalue weighted by Gasteiger charge is 2.27. The maximum atomic E-state index is 10.8. The predicted molar refractivity (Wildman–Crippen MR) is 102 cm³/mol. The first-order valence-corrected chi connectivity index (χ1v) is 8.96. The fraction of sp³-hybridized carbons (Fsp3) is 0.571. The number of unbranched alkanes of at least 4 members (excludes halogenated alkanes) is 1. The van der Waals surface area contributed by atoms with E-state index in [4.69, 9.17) is 5.10 Å². The van der Waals surface area contributed by atoms with Crippen LogP contribution >= 0.6 is 0 Å². The van der Waals surface area contributed by atoms with Crippen LogP contribution < -0.4 is 0 Å². The Balaban J connectivity index is 2.56. The highest BCUT2D eigenvalue weighted by atomic mass is 16.3. The van der Waals surface area contributed by atoms with Crippen LogP contribution in [-0.4, -0.2) is 14.9 Å². The van der Waals surface area contributed by atoms with Gasteiger partial charge in [0.25, 0.3) is 0 Å². The van der Waals surface area contributed by atoms with E-state index in [2.05, 4.69) is 66.7 Å².